The number of para-hydroxylation sites is 1. The number of aliphatic imine (C=N–C) groups is 1. The molecule has 234 valence electrons. The largest absolute Gasteiger partial charge is 0.499 e. The van der Waals surface area contributed by atoms with Crippen molar-refractivity contribution >= 4 is 34.4 Å². The average molecular weight is 644 g/mol. The standard InChI is InChI=1S/C31H26F5N5O3S/c1-19(2)24-5-3-4-6-25(24)41-27(43)17-45-29(41)38-26(42)16-9-20-7-10-21(11-8-20)28-37-18-40(39-28)22-12-14-23(15-13-22)44-31(35,36)30(32,33)34/h3-8,10-15,18-19H,9,16-17H2,1-2H3. The molecule has 8 nitrogen and oxygen atoms in total. The number of anilines is 1. The van der Waals surface area contributed by atoms with Crippen molar-refractivity contribution in [3.05, 3.63) is 90.3 Å². The number of amides is 2. The molecule has 0 saturated carbocycles. The molecule has 2 heterocycles. The Labute approximate surface area is 258 Å². The van der Waals surface area contributed by atoms with E-state index in [4.69, 9.17) is 0 Å². The fourth-order valence-electron chi connectivity index (χ4n) is 4.49. The van der Waals surface area contributed by atoms with Crippen LogP contribution in [-0.4, -0.2) is 49.8 Å². The van der Waals surface area contributed by atoms with E-state index in [9.17, 15) is 31.5 Å². The van der Waals surface area contributed by atoms with Crippen LogP contribution >= 0.6 is 11.8 Å². The third-order valence-corrected chi connectivity index (χ3v) is 7.72. The van der Waals surface area contributed by atoms with Crippen molar-refractivity contribution in [2.75, 3.05) is 10.7 Å². The predicted molar refractivity (Wildman–Crippen MR) is 160 cm³/mol. The zero-order chi connectivity index (χ0) is 32.4. The maximum Gasteiger partial charge on any atom is 0.499 e. The molecule has 14 heteroatoms. The van der Waals surface area contributed by atoms with Crippen molar-refractivity contribution in [1.29, 1.82) is 0 Å². The van der Waals surface area contributed by atoms with Gasteiger partial charge in [-0.2, -0.15) is 26.9 Å². The summed E-state index contributed by atoms with van der Waals surface area (Å²) in [6.07, 6.45) is -9.24. The lowest BCUT2D eigenvalue weighted by Crippen LogP contribution is -2.41. The molecule has 1 aromatic heterocycles. The van der Waals surface area contributed by atoms with Crippen LogP contribution in [0.5, 0.6) is 5.75 Å². The maximum absolute atomic E-state index is 13.1. The summed E-state index contributed by atoms with van der Waals surface area (Å²) in [5, 5.41) is 4.71. The average Bonchev–Trinajstić information content (AvgIpc) is 3.63. The second-order valence-corrected chi connectivity index (χ2v) is 11.3. The molecule has 1 saturated heterocycles. The van der Waals surface area contributed by atoms with Gasteiger partial charge in [0.2, 0.25) is 11.8 Å². The normalized spacial score (nSPS) is 14.9. The highest BCUT2D eigenvalue weighted by Crippen LogP contribution is 2.37. The van der Waals surface area contributed by atoms with Gasteiger partial charge in [-0.3, -0.25) is 14.5 Å². The quantitative estimate of drug-likeness (QED) is 0.180. The van der Waals surface area contributed by atoms with Crippen molar-refractivity contribution in [3.63, 3.8) is 0 Å². The smallest absolute Gasteiger partial charge is 0.426 e. The first-order chi connectivity index (χ1) is 21.3. The molecule has 1 aliphatic heterocycles. The van der Waals surface area contributed by atoms with Crippen molar-refractivity contribution < 1.29 is 36.3 Å². The topological polar surface area (TPSA) is 89.7 Å². The van der Waals surface area contributed by atoms with Crippen molar-refractivity contribution in [1.82, 2.24) is 14.8 Å². The van der Waals surface area contributed by atoms with Gasteiger partial charge >= 0.3 is 12.3 Å². The van der Waals surface area contributed by atoms with E-state index >= 15 is 0 Å². The minimum absolute atomic E-state index is 0.122. The number of rotatable bonds is 9. The molecule has 0 spiro atoms. The van der Waals surface area contributed by atoms with Crippen molar-refractivity contribution in [2.24, 2.45) is 4.99 Å². The van der Waals surface area contributed by atoms with E-state index < -0.39 is 18.0 Å². The Bertz CT molecular complexity index is 1720. The van der Waals surface area contributed by atoms with Gasteiger partial charge < -0.3 is 4.74 Å². The van der Waals surface area contributed by atoms with Gasteiger partial charge in [-0.25, -0.2) is 9.67 Å². The van der Waals surface area contributed by atoms with Crippen LogP contribution in [-0.2, 0) is 16.0 Å². The van der Waals surface area contributed by atoms with E-state index in [1.807, 2.05) is 50.2 Å². The number of ether oxygens (including phenoxy) is 1. The van der Waals surface area contributed by atoms with E-state index in [0.29, 0.717) is 28.7 Å². The van der Waals surface area contributed by atoms with E-state index in [-0.39, 0.29) is 29.9 Å². The lowest BCUT2D eigenvalue weighted by molar-refractivity contribution is -0.360. The van der Waals surface area contributed by atoms with E-state index in [0.717, 1.165) is 28.9 Å². The van der Waals surface area contributed by atoms with Crippen LogP contribution in [0.4, 0.5) is 27.6 Å². The van der Waals surface area contributed by atoms with Crippen LogP contribution in [0.3, 0.4) is 0 Å². The highest BCUT2D eigenvalue weighted by atomic mass is 32.2. The van der Waals surface area contributed by atoms with Crippen LogP contribution < -0.4 is 9.64 Å². The third kappa shape index (κ3) is 7.22. The number of thioether (sulfide) groups is 1. The summed E-state index contributed by atoms with van der Waals surface area (Å²) < 4.78 is 68.6. The summed E-state index contributed by atoms with van der Waals surface area (Å²) in [5.74, 6) is -0.387. The van der Waals surface area contributed by atoms with Crippen LogP contribution in [0.15, 0.2) is 84.1 Å². The van der Waals surface area contributed by atoms with Gasteiger partial charge in [0, 0.05) is 12.0 Å². The van der Waals surface area contributed by atoms with Crippen molar-refractivity contribution in [3.8, 4) is 22.8 Å². The Morgan fingerprint density at radius 2 is 1.69 bits per heavy atom. The number of benzene rings is 3. The molecule has 0 bridgehead atoms. The maximum atomic E-state index is 13.1. The number of carbonyl (C=O) groups is 2. The monoisotopic (exact) mass is 643 g/mol. The predicted octanol–water partition coefficient (Wildman–Crippen LogP) is 7.19. The molecule has 1 aliphatic rings. The number of aryl methyl sites for hydroxylation is 1. The van der Waals surface area contributed by atoms with Crippen molar-refractivity contribution in [2.45, 2.75) is 44.9 Å². The van der Waals surface area contributed by atoms with Gasteiger partial charge in [-0.15, -0.1) is 5.10 Å². The highest BCUT2D eigenvalue weighted by molar-refractivity contribution is 8.15. The molecule has 5 rings (SSSR count). The van der Waals surface area contributed by atoms with Gasteiger partial charge in [0.25, 0.3) is 0 Å². The number of halogens is 5. The van der Waals surface area contributed by atoms with Gasteiger partial charge in [0.15, 0.2) is 11.0 Å². The summed E-state index contributed by atoms with van der Waals surface area (Å²) in [4.78, 5) is 35.5. The summed E-state index contributed by atoms with van der Waals surface area (Å²) in [6.45, 7) is 4.08. The lowest BCUT2D eigenvalue weighted by Gasteiger charge is -2.21. The number of nitrogens with zero attached hydrogens (tertiary/aromatic N) is 5. The molecule has 2 amide bonds. The minimum atomic E-state index is -5.84. The van der Waals surface area contributed by atoms with E-state index in [1.165, 1.54) is 39.8 Å². The summed E-state index contributed by atoms with van der Waals surface area (Å²) in [7, 11) is 0. The molecule has 0 radical (unpaired) electrons. The Hall–Kier alpha value is -4.59. The number of carbonyl (C=O) groups excluding carboxylic acids is 2. The van der Waals surface area contributed by atoms with Gasteiger partial charge in [-0.05, 0) is 53.8 Å². The molecule has 0 unspecified atom stereocenters. The Morgan fingerprint density at radius 1 is 1.00 bits per heavy atom. The first-order valence-corrected chi connectivity index (χ1v) is 14.7. The molecule has 3 aromatic carbocycles. The molecular weight excluding hydrogens is 617 g/mol. The second-order valence-electron chi connectivity index (χ2n) is 10.3. The fraction of sp³-hybridized carbons (Fsp3) is 0.258. The van der Waals surface area contributed by atoms with Crippen LogP contribution in [0.2, 0.25) is 0 Å². The first-order valence-electron chi connectivity index (χ1n) is 13.7. The minimum Gasteiger partial charge on any atom is -0.426 e. The Balaban J connectivity index is 1.20. The summed E-state index contributed by atoms with van der Waals surface area (Å²) in [6, 6.07) is 19.3. The molecule has 45 heavy (non-hydrogen) atoms. The number of alkyl halides is 5. The molecule has 0 atom stereocenters. The number of aromatic nitrogens is 3. The SMILES string of the molecule is CC(C)c1ccccc1N1C(=O)CSC1=NC(=O)CCc1ccc(-c2ncn(-c3ccc(OC(F)(F)C(F)(F)F)cc3)n2)cc1. The van der Waals surface area contributed by atoms with Crippen LogP contribution in [0.25, 0.3) is 17.1 Å². The molecule has 4 aromatic rings. The molecule has 1 fully saturated rings. The van der Waals surface area contributed by atoms with E-state index in [2.05, 4.69) is 19.8 Å². The number of hydrogen-bond acceptors (Lipinski definition) is 6. The summed E-state index contributed by atoms with van der Waals surface area (Å²) in [5.41, 5.74) is 3.62. The fourth-order valence-corrected chi connectivity index (χ4v) is 5.37. The highest BCUT2D eigenvalue weighted by Gasteiger charge is 2.61. The Morgan fingerprint density at radius 3 is 2.36 bits per heavy atom. The van der Waals surface area contributed by atoms with Gasteiger partial charge in [-0.1, -0.05) is 68.1 Å². The van der Waals surface area contributed by atoms with Gasteiger partial charge in [0.1, 0.15) is 12.1 Å². The van der Waals surface area contributed by atoms with E-state index in [1.54, 1.807) is 12.1 Å². The molecular formula is C31H26F5N5O3S. The third-order valence-electron chi connectivity index (χ3n) is 6.79. The first kappa shape index (κ1) is 31.8. The van der Waals surface area contributed by atoms with Crippen LogP contribution in [0.1, 0.15) is 37.3 Å². The zero-order valence-corrected chi connectivity index (χ0v) is 24.8. The number of hydrogen-bond donors (Lipinski definition) is 0. The Kier molecular flexibility index (Phi) is 9.05. The van der Waals surface area contributed by atoms with Crippen LogP contribution in [0, 0.1) is 0 Å². The second kappa shape index (κ2) is 12.8. The zero-order valence-electron chi connectivity index (χ0n) is 24.0. The molecule has 0 aliphatic carbocycles. The lowest BCUT2D eigenvalue weighted by atomic mass is 10.0. The molecule has 0 N–H and O–H groups in total. The number of amidine groups is 1. The summed E-state index contributed by atoms with van der Waals surface area (Å²) >= 11 is 1.24. The van der Waals surface area contributed by atoms with Gasteiger partial charge in [0.05, 0.1) is 17.1 Å².